The lowest BCUT2D eigenvalue weighted by Gasteiger charge is -2.24. The molecule has 1 atom stereocenters. The van der Waals surface area contributed by atoms with Crippen LogP contribution in [0.15, 0.2) is 42.5 Å². The number of hydrogen-bond acceptors (Lipinski definition) is 3. The van der Waals surface area contributed by atoms with E-state index in [-0.39, 0.29) is 24.0 Å². The van der Waals surface area contributed by atoms with Crippen molar-refractivity contribution in [2.45, 2.75) is 57.8 Å². The van der Waals surface area contributed by atoms with Crippen LogP contribution in [0.2, 0.25) is 0 Å². The molecule has 0 bridgehead atoms. The second-order valence-corrected chi connectivity index (χ2v) is 7.88. The number of fused-ring (bicyclic) bond motifs is 1. The van der Waals surface area contributed by atoms with E-state index in [1.54, 1.807) is 0 Å². The van der Waals surface area contributed by atoms with Crippen LogP contribution < -0.4 is 10.1 Å². The van der Waals surface area contributed by atoms with Crippen LogP contribution in [0.25, 0.3) is 11.1 Å². The molecule has 4 rings (SSSR count). The van der Waals surface area contributed by atoms with Crippen LogP contribution in [-0.4, -0.2) is 23.2 Å². The molecule has 2 aromatic carbocycles. The summed E-state index contributed by atoms with van der Waals surface area (Å²) in [6.45, 7) is 2.64. The van der Waals surface area contributed by atoms with E-state index in [0.29, 0.717) is 6.54 Å². The summed E-state index contributed by atoms with van der Waals surface area (Å²) in [4.78, 5) is 12.3. The van der Waals surface area contributed by atoms with Crippen LogP contribution in [-0.2, 0) is 17.8 Å². The number of nitrogens with one attached hydrogen (secondary N) is 1. The predicted molar refractivity (Wildman–Crippen MR) is 105 cm³/mol. The maximum Gasteiger partial charge on any atom is 0.223 e. The molecule has 0 saturated heterocycles. The molecule has 142 valence electrons. The third kappa shape index (κ3) is 4.16. The summed E-state index contributed by atoms with van der Waals surface area (Å²) in [6.07, 6.45) is 4.03. The highest BCUT2D eigenvalue weighted by Crippen LogP contribution is 2.33. The SMILES string of the molecule is C[C@H]1Cc2cc(-c3ccc(CNC(=O)C4CCC(O)CC4)cc3)ccc2O1. The summed E-state index contributed by atoms with van der Waals surface area (Å²) in [6, 6.07) is 14.7. The number of rotatable bonds is 4. The lowest BCUT2D eigenvalue weighted by molar-refractivity contribution is -0.126. The van der Waals surface area contributed by atoms with Gasteiger partial charge in [-0.1, -0.05) is 30.3 Å². The number of aliphatic hydroxyl groups is 1. The van der Waals surface area contributed by atoms with Crippen molar-refractivity contribution in [3.8, 4) is 16.9 Å². The molecule has 2 aliphatic rings. The van der Waals surface area contributed by atoms with Crippen LogP contribution >= 0.6 is 0 Å². The van der Waals surface area contributed by atoms with Crippen molar-refractivity contribution in [2.75, 3.05) is 0 Å². The smallest absolute Gasteiger partial charge is 0.223 e. The zero-order valence-electron chi connectivity index (χ0n) is 15.8. The molecule has 0 radical (unpaired) electrons. The standard InChI is InChI=1S/C23H27NO3/c1-15-12-20-13-19(8-11-22(20)27-15)17-4-2-16(3-5-17)14-24-23(26)18-6-9-21(25)10-7-18/h2-5,8,11,13,15,18,21,25H,6-7,9-10,12,14H2,1H3,(H,24,26)/t15-,18?,21?/m0/s1. The molecule has 4 heteroatoms. The zero-order valence-corrected chi connectivity index (χ0v) is 15.8. The summed E-state index contributed by atoms with van der Waals surface area (Å²) in [5.41, 5.74) is 4.74. The van der Waals surface area contributed by atoms with Crippen molar-refractivity contribution in [2.24, 2.45) is 5.92 Å². The Morgan fingerprint density at radius 2 is 1.78 bits per heavy atom. The van der Waals surface area contributed by atoms with E-state index >= 15 is 0 Å². The molecule has 1 aliphatic carbocycles. The van der Waals surface area contributed by atoms with Gasteiger partial charge in [-0.15, -0.1) is 0 Å². The first-order valence-electron chi connectivity index (χ1n) is 9.93. The quantitative estimate of drug-likeness (QED) is 0.865. The first-order valence-corrected chi connectivity index (χ1v) is 9.93. The fourth-order valence-electron chi connectivity index (χ4n) is 4.09. The minimum Gasteiger partial charge on any atom is -0.490 e. The van der Waals surface area contributed by atoms with Crippen molar-refractivity contribution in [1.82, 2.24) is 5.32 Å². The molecule has 0 unspecified atom stereocenters. The molecular formula is C23H27NO3. The van der Waals surface area contributed by atoms with Gasteiger partial charge in [-0.3, -0.25) is 4.79 Å². The minimum absolute atomic E-state index is 0.0451. The van der Waals surface area contributed by atoms with Crippen molar-refractivity contribution in [3.63, 3.8) is 0 Å². The summed E-state index contributed by atoms with van der Waals surface area (Å²) < 4.78 is 5.77. The number of carbonyl (C=O) groups excluding carboxylic acids is 1. The van der Waals surface area contributed by atoms with E-state index in [9.17, 15) is 9.90 Å². The van der Waals surface area contributed by atoms with E-state index < -0.39 is 0 Å². The first kappa shape index (κ1) is 18.1. The third-order valence-electron chi connectivity index (χ3n) is 5.72. The summed E-state index contributed by atoms with van der Waals surface area (Å²) in [7, 11) is 0. The second-order valence-electron chi connectivity index (χ2n) is 7.88. The van der Waals surface area contributed by atoms with Gasteiger partial charge in [0.2, 0.25) is 5.91 Å². The van der Waals surface area contributed by atoms with Crippen LogP contribution in [0.5, 0.6) is 5.75 Å². The average Bonchev–Trinajstić information content (AvgIpc) is 3.06. The molecule has 2 aromatic rings. The van der Waals surface area contributed by atoms with E-state index in [2.05, 4.69) is 54.7 Å². The normalized spacial score (nSPS) is 24.1. The summed E-state index contributed by atoms with van der Waals surface area (Å²) in [5.74, 6) is 1.16. The largest absolute Gasteiger partial charge is 0.490 e. The Morgan fingerprint density at radius 3 is 2.52 bits per heavy atom. The van der Waals surface area contributed by atoms with Crippen molar-refractivity contribution >= 4 is 5.91 Å². The lowest BCUT2D eigenvalue weighted by atomic mass is 9.87. The average molecular weight is 365 g/mol. The highest BCUT2D eigenvalue weighted by molar-refractivity contribution is 5.78. The maximum atomic E-state index is 12.3. The summed E-state index contributed by atoms with van der Waals surface area (Å²) in [5, 5.41) is 12.6. The second kappa shape index (κ2) is 7.73. The fraction of sp³-hybridized carbons (Fsp3) is 0.435. The first-order chi connectivity index (χ1) is 13.1. The fourth-order valence-corrected chi connectivity index (χ4v) is 4.09. The Labute approximate surface area is 160 Å². The van der Waals surface area contributed by atoms with Gasteiger partial charge in [-0.2, -0.15) is 0 Å². The van der Waals surface area contributed by atoms with Gasteiger partial charge in [0.25, 0.3) is 0 Å². The molecule has 1 heterocycles. The van der Waals surface area contributed by atoms with Gasteiger partial charge in [0, 0.05) is 18.9 Å². The van der Waals surface area contributed by atoms with Crippen LogP contribution in [0.3, 0.4) is 0 Å². The van der Waals surface area contributed by atoms with Gasteiger partial charge in [0.1, 0.15) is 11.9 Å². The molecular weight excluding hydrogens is 338 g/mol. The maximum absolute atomic E-state index is 12.3. The molecule has 1 amide bonds. The number of ether oxygens (including phenoxy) is 1. The van der Waals surface area contributed by atoms with Gasteiger partial charge in [0.05, 0.1) is 6.10 Å². The Morgan fingerprint density at radius 1 is 1.07 bits per heavy atom. The van der Waals surface area contributed by atoms with Crippen LogP contribution in [0, 0.1) is 5.92 Å². The minimum atomic E-state index is -0.226. The van der Waals surface area contributed by atoms with Gasteiger partial charge >= 0.3 is 0 Å². The highest BCUT2D eigenvalue weighted by Gasteiger charge is 2.24. The Hall–Kier alpha value is -2.33. The van der Waals surface area contributed by atoms with E-state index in [1.807, 2.05) is 0 Å². The zero-order chi connectivity index (χ0) is 18.8. The highest BCUT2D eigenvalue weighted by atomic mass is 16.5. The third-order valence-corrected chi connectivity index (χ3v) is 5.72. The molecule has 27 heavy (non-hydrogen) atoms. The van der Waals surface area contributed by atoms with E-state index in [0.717, 1.165) is 43.4 Å². The number of hydrogen-bond donors (Lipinski definition) is 2. The monoisotopic (exact) mass is 365 g/mol. The van der Waals surface area contributed by atoms with E-state index in [4.69, 9.17) is 4.74 Å². The number of amides is 1. The van der Waals surface area contributed by atoms with Crippen LogP contribution in [0.4, 0.5) is 0 Å². The van der Waals surface area contributed by atoms with E-state index in [1.165, 1.54) is 16.7 Å². The van der Waals surface area contributed by atoms with Crippen molar-refractivity contribution < 1.29 is 14.6 Å². The molecule has 1 fully saturated rings. The van der Waals surface area contributed by atoms with Gasteiger partial charge in [-0.05, 0) is 67.0 Å². The molecule has 4 nitrogen and oxygen atoms in total. The van der Waals surface area contributed by atoms with Gasteiger partial charge in [-0.25, -0.2) is 0 Å². The Kier molecular flexibility index (Phi) is 5.17. The summed E-state index contributed by atoms with van der Waals surface area (Å²) >= 11 is 0. The lowest BCUT2D eigenvalue weighted by Crippen LogP contribution is -2.33. The molecule has 2 N–H and O–H groups in total. The van der Waals surface area contributed by atoms with Crippen LogP contribution in [0.1, 0.15) is 43.7 Å². The topological polar surface area (TPSA) is 58.6 Å². The number of benzene rings is 2. The van der Waals surface area contributed by atoms with Crippen molar-refractivity contribution in [1.29, 1.82) is 0 Å². The molecule has 1 aliphatic heterocycles. The Balaban J connectivity index is 1.35. The van der Waals surface area contributed by atoms with Gasteiger partial charge < -0.3 is 15.2 Å². The van der Waals surface area contributed by atoms with Crippen molar-refractivity contribution in [3.05, 3.63) is 53.6 Å². The van der Waals surface area contributed by atoms with Gasteiger partial charge in [0.15, 0.2) is 0 Å². The Bertz CT molecular complexity index is 807. The molecule has 1 saturated carbocycles. The molecule has 0 spiro atoms. The number of carbonyl (C=O) groups is 1. The molecule has 0 aromatic heterocycles. The predicted octanol–water partition coefficient (Wildman–Crippen LogP) is 3.84. The number of aliphatic hydroxyl groups excluding tert-OH is 1.